The summed E-state index contributed by atoms with van der Waals surface area (Å²) in [5.41, 5.74) is 2.80. The molecule has 0 aliphatic carbocycles. The maximum atomic E-state index is 12.3. The van der Waals surface area contributed by atoms with Crippen LogP contribution in [0, 0.1) is 11.3 Å². The summed E-state index contributed by atoms with van der Waals surface area (Å²) in [5, 5.41) is 11.8. The van der Waals surface area contributed by atoms with Crippen LogP contribution in [-0.2, 0) is 27.7 Å². The van der Waals surface area contributed by atoms with Crippen LogP contribution >= 0.6 is 0 Å². The molecule has 0 saturated carbocycles. The van der Waals surface area contributed by atoms with E-state index in [1.165, 1.54) is 12.1 Å². The first kappa shape index (κ1) is 16.2. The van der Waals surface area contributed by atoms with Gasteiger partial charge in [0.15, 0.2) is 0 Å². The van der Waals surface area contributed by atoms with Crippen LogP contribution in [0.3, 0.4) is 0 Å². The van der Waals surface area contributed by atoms with Crippen LogP contribution in [0.4, 0.5) is 5.69 Å². The van der Waals surface area contributed by atoms with E-state index < -0.39 is 10.0 Å². The Kier molecular flexibility index (Phi) is 4.34. The molecule has 2 aromatic rings. The maximum absolute atomic E-state index is 12.3. The number of anilines is 1. The van der Waals surface area contributed by atoms with Crippen molar-refractivity contribution in [2.24, 2.45) is 0 Å². The van der Waals surface area contributed by atoms with Gasteiger partial charge in [-0.15, -0.1) is 0 Å². The molecule has 0 saturated heterocycles. The lowest BCUT2D eigenvalue weighted by Gasteiger charge is -2.09. The van der Waals surface area contributed by atoms with Gasteiger partial charge < -0.3 is 5.32 Å². The SMILES string of the molecule is N#Cc1ccccc1S(=O)(=O)NCCc1ccc2c(c1)CC(=O)N2. The van der Waals surface area contributed by atoms with Gasteiger partial charge in [-0.25, -0.2) is 13.1 Å². The molecular formula is C17H15N3O3S. The van der Waals surface area contributed by atoms with Crippen LogP contribution in [0.25, 0.3) is 0 Å². The quantitative estimate of drug-likeness (QED) is 0.862. The first-order valence-corrected chi connectivity index (χ1v) is 8.88. The minimum absolute atomic E-state index is 0.0174. The lowest BCUT2D eigenvalue weighted by Crippen LogP contribution is -2.26. The normalized spacial score (nSPS) is 13.2. The summed E-state index contributed by atoms with van der Waals surface area (Å²) in [7, 11) is -3.73. The Labute approximate surface area is 140 Å². The molecule has 0 unspecified atom stereocenters. The Balaban J connectivity index is 1.67. The van der Waals surface area contributed by atoms with Crippen molar-refractivity contribution in [3.8, 4) is 6.07 Å². The number of amides is 1. The number of nitriles is 1. The number of hydrogen-bond acceptors (Lipinski definition) is 4. The average molecular weight is 341 g/mol. The van der Waals surface area contributed by atoms with E-state index in [1.807, 2.05) is 24.3 Å². The number of fused-ring (bicyclic) bond motifs is 1. The highest BCUT2D eigenvalue weighted by Gasteiger charge is 2.19. The number of sulfonamides is 1. The van der Waals surface area contributed by atoms with Crippen LogP contribution < -0.4 is 10.0 Å². The number of hydrogen-bond donors (Lipinski definition) is 2. The van der Waals surface area contributed by atoms with Gasteiger partial charge in [-0.1, -0.05) is 24.3 Å². The molecule has 0 radical (unpaired) electrons. The average Bonchev–Trinajstić information content (AvgIpc) is 2.94. The fourth-order valence-corrected chi connectivity index (χ4v) is 3.83. The predicted octanol–water partition coefficient (Wildman–Crippen LogP) is 1.57. The molecule has 3 rings (SSSR count). The number of carbonyl (C=O) groups excluding carboxylic acids is 1. The molecule has 0 spiro atoms. The smallest absolute Gasteiger partial charge is 0.241 e. The van der Waals surface area contributed by atoms with E-state index in [2.05, 4.69) is 10.0 Å². The van der Waals surface area contributed by atoms with Crippen LogP contribution in [0.5, 0.6) is 0 Å². The van der Waals surface area contributed by atoms with Crippen molar-refractivity contribution in [1.82, 2.24) is 4.72 Å². The van der Waals surface area contributed by atoms with Crippen molar-refractivity contribution in [2.45, 2.75) is 17.7 Å². The summed E-state index contributed by atoms with van der Waals surface area (Å²) < 4.78 is 27.1. The zero-order valence-corrected chi connectivity index (χ0v) is 13.6. The number of benzene rings is 2. The van der Waals surface area contributed by atoms with E-state index in [4.69, 9.17) is 5.26 Å². The van der Waals surface area contributed by atoms with E-state index in [9.17, 15) is 13.2 Å². The highest BCUT2D eigenvalue weighted by molar-refractivity contribution is 7.89. The second-order valence-electron chi connectivity index (χ2n) is 5.47. The molecule has 1 aliphatic rings. The third-order valence-electron chi connectivity index (χ3n) is 3.80. The summed E-state index contributed by atoms with van der Waals surface area (Å²) in [6.07, 6.45) is 0.847. The van der Waals surface area contributed by atoms with Crippen molar-refractivity contribution in [3.63, 3.8) is 0 Å². The zero-order valence-electron chi connectivity index (χ0n) is 12.7. The molecule has 1 amide bonds. The minimum atomic E-state index is -3.73. The Hall–Kier alpha value is -2.69. The van der Waals surface area contributed by atoms with E-state index in [0.717, 1.165) is 16.8 Å². The number of nitrogens with one attached hydrogen (secondary N) is 2. The number of carbonyl (C=O) groups is 1. The Morgan fingerprint density at radius 2 is 2.00 bits per heavy atom. The van der Waals surface area contributed by atoms with Gasteiger partial charge in [0.1, 0.15) is 6.07 Å². The van der Waals surface area contributed by atoms with Crippen molar-refractivity contribution < 1.29 is 13.2 Å². The van der Waals surface area contributed by atoms with Gasteiger partial charge in [-0.3, -0.25) is 4.79 Å². The molecule has 1 heterocycles. The van der Waals surface area contributed by atoms with Crippen molar-refractivity contribution in [3.05, 3.63) is 59.2 Å². The first-order valence-electron chi connectivity index (χ1n) is 7.40. The first-order chi connectivity index (χ1) is 11.5. The van der Waals surface area contributed by atoms with Crippen LogP contribution in [0.1, 0.15) is 16.7 Å². The number of rotatable bonds is 5. The molecular weight excluding hydrogens is 326 g/mol. The molecule has 2 aromatic carbocycles. The molecule has 24 heavy (non-hydrogen) atoms. The largest absolute Gasteiger partial charge is 0.326 e. The van der Waals surface area contributed by atoms with Gasteiger partial charge in [-0.05, 0) is 35.7 Å². The van der Waals surface area contributed by atoms with Crippen molar-refractivity contribution in [1.29, 1.82) is 5.26 Å². The monoisotopic (exact) mass is 341 g/mol. The summed E-state index contributed by atoms with van der Waals surface area (Å²) in [6, 6.07) is 13.6. The van der Waals surface area contributed by atoms with Gasteiger partial charge in [-0.2, -0.15) is 5.26 Å². The van der Waals surface area contributed by atoms with Gasteiger partial charge >= 0.3 is 0 Å². The molecule has 1 aliphatic heterocycles. The molecule has 0 fully saturated rings. The fourth-order valence-electron chi connectivity index (χ4n) is 2.64. The van der Waals surface area contributed by atoms with Gasteiger partial charge in [0.2, 0.25) is 15.9 Å². The second-order valence-corrected chi connectivity index (χ2v) is 7.21. The standard InChI is InChI=1S/C17H15N3O3S/c18-11-13-3-1-2-4-16(13)24(22,23)19-8-7-12-5-6-15-14(9-12)10-17(21)20-15/h1-6,9,19H,7-8,10H2,(H,20,21). The molecule has 0 bridgehead atoms. The summed E-state index contributed by atoms with van der Waals surface area (Å²) in [6.45, 7) is 0.211. The fraction of sp³-hybridized carbons (Fsp3) is 0.176. The summed E-state index contributed by atoms with van der Waals surface area (Å²) in [5.74, 6) is -0.0315. The van der Waals surface area contributed by atoms with Crippen LogP contribution in [0.2, 0.25) is 0 Å². The Morgan fingerprint density at radius 1 is 1.21 bits per heavy atom. The minimum Gasteiger partial charge on any atom is -0.326 e. The Morgan fingerprint density at radius 3 is 2.79 bits per heavy atom. The summed E-state index contributed by atoms with van der Waals surface area (Å²) in [4.78, 5) is 11.3. The summed E-state index contributed by atoms with van der Waals surface area (Å²) >= 11 is 0. The van der Waals surface area contributed by atoms with E-state index in [-0.39, 0.29) is 22.9 Å². The van der Waals surface area contributed by atoms with Crippen molar-refractivity contribution in [2.75, 3.05) is 11.9 Å². The Bertz CT molecular complexity index is 946. The molecule has 122 valence electrons. The van der Waals surface area contributed by atoms with Gasteiger partial charge in [0, 0.05) is 12.2 Å². The van der Waals surface area contributed by atoms with Gasteiger partial charge in [0.05, 0.1) is 16.9 Å². The molecule has 7 heteroatoms. The third-order valence-corrected chi connectivity index (χ3v) is 5.32. The molecule has 0 atom stereocenters. The predicted molar refractivity (Wildman–Crippen MR) is 88.8 cm³/mol. The number of nitrogens with zero attached hydrogens (tertiary/aromatic N) is 1. The molecule has 2 N–H and O–H groups in total. The van der Waals surface area contributed by atoms with Gasteiger partial charge in [0.25, 0.3) is 0 Å². The lowest BCUT2D eigenvalue weighted by molar-refractivity contribution is -0.115. The second kappa shape index (κ2) is 6.43. The third kappa shape index (κ3) is 3.30. The van der Waals surface area contributed by atoms with Crippen LogP contribution in [0.15, 0.2) is 47.4 Å². The lowest BCUT2D eigenvalue weighted by atomic mass is 10.1. The van der Waals surface area contributed by atoms with E-state index in [1.54, 1.807) is 12.1 Å². The van der Waals surface area contributed by atoms with E-state index >= 15 is 0 Å². The molecule has 6 nitrogen and oxygen atoms in total. The zero-order chi connectivity index (χ0) is 17.2. The van der Waals surface area contributed by atoms with Crippen molar-refractivity contribution >= 4 is 21.6 Å². The maximum Gasteiger partial charge on any atom is 0.241 e. The molecule has 0 aromatic heterocycles. The topological polar surface area (TPSA) is 99.1 Å². The van der Waals surface area contributed by atoms with Crippen LogP contribution in [-0.4, -0.2) is 20.9 Å². The van der Waals surface area contributed by atoms with E-state index in [0.29, 0.717) is 12.8 Å². The highest BCUT2D eigenvalue weighted by atomic mass is 32.2. The highest BCUT2D eigenvalue weighted by Crippen LogP contribution is 2.24.